The molecule has 6 aromatic heterocycles. The zero-order valence-electron chi connectivity index (χ0n) is 83.7. The molecule has 17 rings (SSSR count). The van der Waals surface area contributed by atoms with E-state index in [9.17, 15) is 0 Å². The van der Waals surface area contributed by atoms with Crippen LogP contribution in [0, 0.1) is 78.8 Å². The molecule has 17 aromatic rings. The van der Waals surface area contributed by atoms with Crippen LogP contribution >= 0.6 is 0 Å². The summed E-state index contributed by atoms with van der Waals surface area (Å²) >= 11 is 0. The van der Waals surface area contributed by atoms with E-state index in [1.807, 2.05) is 181 Å². The van der Waals surface area contributed by atoms with E-state index in [1.54, 1.807) is 107 Å². The predicted octanol–water partition coefficient (Wildman–Crippen LogP) is 21.5. The Morgan fingerprint density at radius 1 is 0.210 bits per heavy atom. The van der Waals surface area contributed by atoms with Crippen LogP contribution in [0.25, 0.3) is 122 Å². The van der Waals surface area contributed by atoms with Crippen LogP contribution in [0.1, 0.15) is 141 Å². The molecule has 0 aliphatic rings. The van der Waals surface area contributed by atoms with E-state index in [1.165, 1.54) is 54.6 Å². The first-order chi connectivity index (χ1) is 66.0. The number of aromatic nitrogens is 12. The minimum atomic E-state index is -0.375. The van der Waals surface area contributed by atoms with Crippen molar-refractivity contribution < 1.29 is 152 Å². The van der Waals surface area contributed by atoms with Crippen LogP contribution in [0.15, 0.2) is 305 Å². The summed E-state index contributed by atoms with van der Waals surface area (Å²) in [6.07, 6.45) is 8.17. The van der Waals surface area contributed by atoms with Gasteiger partial charge >= 0.3 is 0 Å². The largest absolute Gasteiger partial charge is 0.393 e. The van der Waals surface area contributed by atoms with E-state index >= 15 is 0 Å². The SMILES string of the molecule is CC(O)CC(C)O.CC(O)CC(C)O.CC(O)CC(C)O.CC(O)CC(C)O.CC(O)CC(C)O.Cc1cc(-c2[c-]cc(-c3ccccc3)cc2)ncn1.Cc1cc(-c2[c-]cc3ccccc3c2)ncn1.Cc1cc(-c2[c-]ccc(-c3ccccc3)c2)ncn1.Cc1cc(-c2[c-]ccc3ccccc23)ncn1.Cc1cc(-c2ccc3ccccc3c2)ncn1.Cc1cc[c-]c(-c2cc(C)ncn2)c1.[Ir].[Ir].[Ir].[Ir].[Ir]. The van der Waals surface area contributed by atoms with Gasteiger partial charge in [-0.1, -0.05) is 205 Å². The second kappa shape index (κ2) is 70.3. The predicted molar refractivity (Wildman–Crippen MR) is 555 cm³/mol. The minimum Gasteiger partial charge on any atom is -0.393 e. The monoisotopic (exact) mass is 2820 g/mol. The molecule has 0 amide bonds. The molecule has 27 heteroatoms. The van der Waals surface area contributed by atoms with Gasteiger partial charge in [0.2, 0.25) is 0 Å². The fourth-order valence-corrected chi connectivity index (χ4v) is 13.6. The molecule has 11 aromatic carbocycles. The van der Waals surface area contributed by atoms with Crippen LogP contribution in [0.4, 0.5) is 0 Å². The summed E-state index contributed by atoms with van der Waals surface area (Å²) in [7, 11) is 0. The first-order valence-corrected chi connectivity index (χ1v) is 46.0. The van der Waals surface area contributed by atoms with Gasteiger partial charge in [0.25, 0.3) is 0 Å². The van der Waals surface area contributed by atoms with Crippen LogP contribution in [0.3, 0.4) is 0 Å². The zero-order chi connectivity index (χ0) is 100. The van der Waals surface area contributed by atoms with Gasteiger partial charge in [0, 0.05) is 140 Å². The van der Waals surface area contributed by atoms with Gasteiger partial charge in [-0.25, -0.2) is 34.9 Å². The summed E-state index contributed by atoms with van der Waals surface area (Å²) in [5, 5.41) is 92.9. The fourth-order valence-electron chi connectivity index (χ4n) is 13.6. The van der Waals surface area contributed by atoms with Crippen molar-refractivity contribution in [3.8, 4) is 89.8 Å². The molecule has 10 N–H and O–H groups in total. The maximum Gasteiger partial charge on any atom is 0.116 e. The fraction of sp³-hybridized carbons (Fsp3) is 0.276. The number of hydrogen-bond donors (Lipinski definition) is 10. The van der Waals surface area contributed by atoms with Gasteiger partial charge in [0.15, 0.2) is 0 Å². The molecule has 0 aliphatic carbocycles. The molecule has 5 radical (unpaired) electrons. The zero-order valence-corrected chi connectivity index (χ0v) is 95.7. The smallest absolute Gasteiger partial charge is 0.116 e. The number of rotatable bonds is 18. The summed E-state index contributed by atoms with van der Waals surface area (Å²) in [6, 6.07) is 106. The molecule has 6 heterocycles. The third-order valence-corrected chi connectivity index (χ3v) is 19.8. The van der Waals surface area contributed by atoms with Gasteiger partial charge in [-0.05, 0) is 200 Å². The number of benzene rings is 11. The molecule has 0 aliphatic heterocycles. The van der Waals surface area contributed by atoms with Crippen LogP contribution in [0.5, 0.6) is 0 Å². The molecule has 143 heavy (non-hydrogen) atoms. The first-order valence-electron chi connectivity index (χ1n) is 46.0. The Hall–Kier alpha value is -10.5. The molecule has 765 valence electrons. The van der Waals surface area contributed by atoms with E-state index in [0.717, 1.165) is 107 Å². The van der Waals surface area contributed by atoms with Crippen molar-refractivity contribution in [3.63, 3.8) is 0 Å². The van der Waals surface area contributed by atoms with E-state index in [0.29, 0.717) is 32.1 Å². The quantitative estimate of drug-likeness (QED) is 0.0357. The summed E-state index contributed by atoms with van der Waals surface area (Å²) in [6.45, 7) is 30.5. The summed E-state index contributed by atoms with van der Waals surface area (Å²) < 4.78 is 0. The Kier molecular flexibility index (Phi) is 63.2. The van der Waals surface area contributed by atoms with Crippen LogP contribution in [-0.2, 0) is 101 Å². The Morgan fingerprint density at radius 3 is 0.909 bits per heavy atom. The van der Waals surface area contributed by atoms with Crippen LogP contribution in [-0.4, -0.2) is 172 Å². The molecule has 10 atom stereocenters. The minimum absolute atomic E-state index is 0. The number of fused-ring (bicyclic) bond motifs is 3. The molecule has 0 saturated carbocycles. The van der Waals surface area contributed by atoms with Crippen molar-refractivity contribution in [2.45, 2.75) is 211 Å². The number of aryl methyl sites for hydroxylation is 7. The van der Waals surface area contributed by atoms with Crippen LogP contribution in [0.2, 0.25) is 0 Å². The van der Waals surface area contributed by atoms with Crippen molar-refractivity contribution >= 4 is 32.3 Å². The molecule has 10 unspecified atom stereocenters. The number of aliphatic hydroxyl groups excluding tert-OH is 10. The Morgan fingerprint density at radius 2 is 0.517 bits per heavy atom. The molecular formula is C116H131Ir5N12O10-5. The molecule has 22 nitrogen and oxygen atoms in total. The molecule has 0 spiro atoms. The van der Waals surface area contributed by atoms with E-state index < -0.39 is 0 Å². The van der Waals surface area contributed by atoms with Gasteiger partial charge in [0.05, 0.1) is 66.7 Å². The standard InChI is InChI=1S/2C17H13N2.C15H11N2.C15H12N2.C15H11N2.C12H11N2.5C5H12O2.5Ir/c1-13-10-17(19-12-18-13)16-9-5-8-15(11-16)14-6-3-2-4-7-14;1-13-11-17(19-12-18-13)16-9-7-15(8-10-16)14-5-3-2-4-6-14;1-11-9-15(17-10-16-11)14-8-4-6-12-5-2-3-7-13(12)14;2*1-11-8-15(17-10-16-11)14-7-6-12-4-2-3-5-13(12)9-14;1-9-4-3-5-11(6-9)12-7-10(2)13-8-14-12;5*1-4(6)3-5(2)7;;;;;/h2-8,10-12H,1H3;2-9,11-12H,1H3;2-7,9-10H,1H3;2-10H,1H3;2-6,8-10H,1H3;3-4,6-8H,1-2H3;5*4-7H,3H2,1-2H3;;;;;/q3*-1;;2*-1;;;;;;;;;;. The molecule has 0 bridgehead atoms. The maximum atomic E-state index is 8.56. The van der Waals surface area contributed by atoms with Crippen molar-refractivity contribution in [2.24, 2.45) is 0 Å². The average molecular weight is 2810 g/mol. The Labute approximate surface area is 911 Å². The van der Waals surface area contributed by atoms with E-state index in [4.69, 9.17) is 51.1 Å². The van der Waals surface area contributed by atoms with Crippen molar-refractivity contribution in [1.29, 1.82) is 0 Å². The van der Waals surface area contributed by atoms with Gasteiger partial charge in [-0.2, -0.15) is 0 Å². The van der Waals surface area contributed by atoms with Crippen molar-refractivity contribution in [1.82, 2.24) is 59.8 Å². The summed E-state index contributed by atoms with van der Waals surface area (Å²) in [5.74, 6) is 0. The van der Waals surface area contributed by atoms with Gasteiger partial charge in [0.1, 0.15) is 38.0 Å². The third kappa shape index (κ3) is 50.7. The first kappa shape index (κ1) is 129. The maximum absolute atomic E-state index is 8.56. The van der Waals surface area contributed by atoms with Gasteiger partial charge in [-0.3, -0.25) is 24.9 Å². The van der Waals surface area contributed by atoms with E-state index in [-0.39, 0.29) is 162 Å². The van der Waals surface area contributed by atoms with Crippen molar-refractivity contribution in [3.05, 3.63) is 375 Å². The second-order valence-corrected chi connectivity index (χ2v) is 33.9. The molecule has 0 fully saturated rings. The summed E-state index contributed by atoms with van der Waals surface area (Å²) in [4.78, 5) is 50.3. The van der Waals surface area contributed by atoms with Crippen LogP contribution < -0.4 is 0 Å². The van der Waals surface area contributed by atoms with Gasteiger partial charge in [-0.15, -0.1) is 159 Å². The third-order valence-electron chi connectivity index (χ3n) is 19.8. The number of aliphatic hydroxyl groups is 10. The normalized spacial score (nSPS) is 12.2. The average Bonchev–Trinajstić information content (AvgIpc) is 0.764. The Bertz CT molecular complexity index is 6110. The molecular weight excluding hydrogens is 2680 g/mol. The molecule has 0 saturated heterocycles. The van der Waals surface area contributed by atoms with Crippen molar-refractivity contribution in [2.75, 3.05) is 0 Å². The van der Waals surface area contributed by atoms with Gasteiger partial charge < -0.3 is 51.1 Å². The summed E-state index contributed by atoms with van der Waals surface area (Å²) in [5.41, 5.74) is 23.5. The number of hydrogen-bond acceptors (Lipinski definition) is 22. The Balaban J connectivity index is 0.000000541. The van der Waals surface area contributed by atoms with E-state index in [2.05, 4.69) is 224 Å². The number of nitrogens with zero attached hydrogens (tertiary/aromatic N) is 12. The topological polar surface area (TPSA) is 357 Å². The second-order valence-electron chi connectivity index (χ2n) is 33.9.